The molecule has 1 aromatic rings. The third-order valence-corrected chi connectivity index (χ3v) is 5.42. The Bertz CT molecular complexity index is 716. The predicted octanol–water partition coefficient (Wildman–Crippen LogP) is 0.475. The third kappa shape index (κ3) is 5.76. The SMILES string of the molecule is O=C(CN1CCCCC1)NCCNS(=O)(=O)c1ccccc1[N+](=O)[O-]. The number of rotatable bonds is 8. The van der Waals surface area contributed by atoms with E-state index >= 15 is 0 Å². The number of sulfonamides is 1. The number of hydrogen-bond donors (Lipinski definition) is 2. The molecule has 0 spiro atoms. The largest absolute Gasteiger partial charge is 0.354 e. The van der Waals surface area contributed by atoms with Gasteiger partial charge in [-0.3, -0.25) is 19.8 Å². The first-order valence-electron chi connectivity index (χ1n) is 8.12. The van der Waals surface area contributed by atoms with Crippen molar-refractivity contribution in [1.82, 2.24) is 14.9 Å². The Kier molecular flexibility index (Phi) is 6.85. The highest BCUT2D eigenvalue weighted by Crippen LogP contribution is 2.22. The van der Waals surface area contributed by atoms with Crippen LogP contribution in [0.5, 0.6) is 0 Å². The van der Waals surface area contributed by atoms with Gasteiger partial charge in [0.05, 0.1) is 11.5 Å². The van der Waals surface area contributed by atoms with Crippen molar-refractivity contribution in [3.8, 4) is 0 Å². The summed E-state index contributed by atoms with van der Waals surface area (Å²) in [6, 6.07) is 5.13. The smallest absolute Gasteiger partial charge is 0.289 e. The van der Waals surface area contributed by atoms with Crippen LogP contribution in [-0.2, 0) is 14.8 Å². The second-order valence-electron chi connectivity index (χ2n) is 5.81. The van der Waals surface area contributed by atoms with E-state index in [0.717, 1.165) is 32.0 Å². The fourth-order valence-corrected chi connectivity index (χ4v) is 3.88. The Hall–Kier alpha value is -2.04. The van der Waals surface area contributed by atoms with Gasteiger partial charge in [-0.05, 0) is 32.0 Å². The summed E-state index contributed by atoms with van der Waals surface area (Å²) in [5.74, 6) is -0.160. The zero-order valence-corrected chi connectivity index (χ0v) is 14.6. The number of amides is 1. The monoisotopic (exact) mass is 370 g/mol. The minimum atomic E-state index is -4.01. The third-order valence-electron chi connectivity index (χ3n) is 3.91. The van der Waals surface area contributed by atoms with E-state index in [4.69, 9.17) is 0 Å². The summed E-state index contributed by atoms with van der Waals surface area (Å²) in [6.45, 7) is 2.18. The van der Waals surface area contributed by atoms with Crippen LogP contribution < -0.4 is 10.0 Å². The molecule has 1 saturated heterocycles. The van der Waals surface area contributed by atoms with Crippen LogP contribution in [0.15, 0.2) is 29.2 Å². The number of para-hydroxylation sites is 1. The van der Waals surface area contributed by atoms with Gasteiger partial charge >= 0.3 is 0 Å². The van der Waals surface area contributed by atoms with Gasteiger partial charge in [0.15, 0.2) is 4.90 Å². The summed E-state index contributed by atoms with van der Waals surface area (Å²) in [5.41, 5.74) is -0.482. The van der Waals surface area contributed by atoms with Crippen LogP contribution >= 0.6 is 0 Å². The molecule has 9 nitrogen and oxygen atoms in total. The van der Waals surface area contributed by atoms with Crippen LogP contribution in [0.2, 0.25) is 0 Å². The Balaban J connectivity index is 1.80. The standard InChI is InChI=1S/C15H22N4O5S/c20-15(12-18-10-4-1-5-11-18)16-8-9-17-25(23,24)14-7-3-2-6-13(14)19(21)22/h2-3,6-7,17H,1,4-5,8-12H2,(H,16,20). The van der Waals surface area contributed by atoms with Crippen molar-refractivity contribution in [1.29, 1.82) is 0 Å². The van der Waals surface area contributed by atoms with E-state index in [2.05, 4.69) is 14.9 Å². The van der Waals surface area contributed by atoms with Crippen molar-refractivity contribution in [2.45, 2.75) is 24.2 Å². The average molecular weight is 370 g/mol. The maximum Gasteiger partial charge on any atom is 0.289 e. The highest BCUT2D eigenvalue weighted by atomic mass is 32.2. The molecule has 1 amide bonds. The van der Waals surface area contributed by atoms with Crippen LogP contribution in [0.3, 0.4) is 0 Å². The number of likely N-dealkylation sites (tertiary alicyclic amines) is 1. The summed E-state index contributed by atoms with van der Waals surface area (Å²) >= 11 is 0. The molecule has 0 radical (unpaired) electrons. The highest BCUT2D eigenvalue weighted by molar-refractivity contribution is 7.89. The molecule has 0 aromatic heterocycles. The van der Waals surface area contributed by atoms with Crippen molar-refractivity contribution in [2.24, 2.45) is 0 Å². The van der Waals surface area contributed by atoms with Crippen LogP contribution in [0, 0.1) is 10.1 Å². The lowest BCUT2D eigenvalue weighted by molar-refractivity contribution is -0.387. The Morgan fingerprint density at radius 2 is 1.84 bits per heavy atom. The summed E-state index contributed by atoms with van der Waals surface area (Å²) in [5, 5.41) is 13.6. The zero-order chi connectivity index (χ0) is 18.3. The number of nitrogens with one attached hydrogen (secondary N) is 2. The summed E-state index contributed by atoms with van der Waals surface area (Å²) in [7, 11) is -4.01. The lowest BCUT2D eigenvalue weighted by Crippen LogP contribution is -2.42. The van der Waals surface area contributed by atoms with Gasteiger partial charge in [-0.2, -0.15) is 0 Å². The first-order chi connectivity index (χ1) is 11.9. The molecule has 2 rings (SSSR count). The van der Waals surface area contributed by atoms with Gasteiger partial charge in [0.1, 0.15) is 0 Å². The molecular formula is C15H22N4O5S. The number of nitro benzene ring substituents is 1. The van der Waals surface area contributed by atoms with E-state index in [1.807, 2.05) is 0 Å². The van der Waals surface area contributed by atoms with Crippen LogP contribution in [0.25, 0.3) is 0 Å². The first kappa shape index (κ1) is 19.3. The Labute approximate surface area is 146 Å². The molecule has 2 N–H and O–H groups in total. The van der Waals surface area contributed by atoms with E-state index in [0.29, 0.717) is 6.54 Å². The van der Waals surface area contributed by atoms with E-state index < -0.39 is 20.6 Å². The van der Waals surface area contributed by atoms with Crippen molar-refractivity contribution >= 4 is 21.6 Å². The molecule has 1 heterocycles. The minimum absolute atomic E-state index is 0.0415. The topological polar surface area (TPSA) is 122 Å². The van der Waals surface area contributed by atoms with Crippen molar-refractivity contribution in [3.63, 3.8) is 0 Å². The highest BCUT2D eigenvalue weighted by Gasteiger charge is 2.24. The van der Waals surface area contributed by atoms with Crippen LogP contribution in [0.4, 0.5) is 5.69 Å². The Morgan fingerprint density at radius 1 is 1.16 bits per heavy atom. The van der Waals surface area contributed by atoms with E-state index in [-0.39, 0.29) is 23.9 Å². The molecule has 0 aliphatic carbocycles. The van der Waals surface area contributed by atoms with Crippen molar-refractivity contribution in [3.05, 3.63) is 34.4 Å². The molecule has 1 fully saturated rings. The molecule has 25 heavy (non-hydrogen) atoms. The number of carbonyl (C=O) groups is 1. The molecule has 1 aliphatic heterocycles. The molecule has 0 saturated carbocycles. The fraction of sp³-hybridized carbons (Fsp3) is 0.533. The van der Waals surface area contributed by atoms with E-state index in [1.165, 1.54) is 24.6 Å². The summed E-state index contributed by atoms with van der Waals surface area (Å²) in [4.78, 5) is 23.7. The van der Waals surface area contributed by atoms with Gasteiger partial charge in [0, 0.05) is 19.2 Å². The lowest BCUT2D eigenvalue weighted by atomic mass is 10.1. The molecule has 0 bridgehead atoms. The minimum Gasteiger partial charge on any atom is -0.354 e. The quantitative estimate of drug-likeness (QED) is 0.390. The van der Waals surface area contributed by atoms with E-state index in [9.17, 15) is 23.3 Å². The fourth-order valence-electron chi connectivity index (χ4n) is 2.68. The van der Waals surface area contributed by atoms with Gasteiger partial charge in [-0.25, -0.2) is 13.1 Å². The number of piperidine rings is 1. The molecule has 0 unspecified atom stereocenters. The predicted molar refractivity (Wildman–Crippen MR) is 91.6 cm³/mol. The van der Waals surface area contributed by atoms with Crippen LogP contribution in [-0.4, -0.2) is 56.9 Å². The van der Waals surface area contributed by atoms with Gasteiger partial charge in [-0.1, -0.05) is 18.6 Å². The number of benzene rings is 1. The molecule has 138 valence electrons. The normalized spacial score (nSPS) is 15.7. The molecular weight excluding hydrogens is 348 g/mol. The van der Waals surface area contributed by atoms with Gasteiger partial charge in [0.25, 0.3) is 5.69 Å². The van der Waals surface area contributed by atoms with Gasteiger partial charge < -0.3 is 5.32 Å². The first-order valence-corrected chi connectivity index (χ1v) is 9.60. The van der Waals surface area contributed by atoms with Crippen molar-refractivity contribution in [2.75, 3.05) is 32.7 Å². The lowest BCUT2D eigenvalue weighted by Gasteiger charge is -2.25. The number of hydrogen-bond acceptors (Lipinski definition) is 6. The second kappa shape index (κ2) is 8.88. The van der Waals surface area contributed by atoms with E-state index in [1.54, 1.807) is 0 Å². The molecule has 1 aromatic carbocycles. The number of carbonyl (C=O) groups excluding carboxylic acids is 1. The molecule has 0 atom stereocenters. The molecule has 10 heteroatoms. The average Bonchev–Trinajstić information content (AvgIpc) is 2.59. The summed E-state index contributed by atoms with van der Waals surface area (Å²) < 4.78 is 26.6. The van der Waals surface area contributed by atoms with Crippen LogP contribution in [0.1, 0.15) is 19.3 Å². The zero-order valence-electron chi connectivity index (χ0n) is 13.8. The molecule has 1 aliphatic rings. The number of nitro groups is 1. The van der Waals surface area contributed by atoms with Crippen molar-refractivity contribution < 1.29 is 18.1 Å². The Morgan fingerprint density at radius 3 is 2.52 bits per heavy atom. The van der Waals surface area contributed by atoms with Gasteiger partial charge in [0.2, 0.25) is 15.9 Å². The van der Waals surface area contributed by atoms with Gasteiger partial charge in [-0.15, -0.1) is 0 Å². The summed E-state index contributed by atoms with van der Waals surface area (Å²) in [6.07, 6.45) is 3.36. The second-order valence-corrected chi connectivity index (χ2v) is 7.54. The maximum absolute atomic E-state index is 12.2. The maximum atomic E-state index is 12.2. The number of nitrogens with zero attached hydrogens (tertiary/aromatic N) is 2.